The standard InChI is InChI=1S/C20H20N4O3S/c25-18(9-14-5-2-1-3-6-14)22-20-16-12-28-13-17(16)23-24(20)11-19(26)21-10-15-7-4-8-27-15/h1-8H,9-13H2,(H,21,26)(H,22,25). The lowest BCUT2D eigenvalue weighted by atomic mass is 10.1. The van der Waals surface area contributed by atoms with E-state index in [0.717, 1.165) is 28.3 Å². The van der Waals surface area contributed by atoms with Gasteiger partial charge in [-0.25, -0.2) is 4.68 Å². The van der Waals surface area contributed by atoms with Crippen LogP contribution in [0.5, 0.6) is 0 Å². The van der Waals surface area contributed by atoms with Crippen molar-refractivity contribution in [1.82, 2.24) is 15.1 Å². The molecular formula is C20H20N4O3S. The van der Waals surface area contributed by atoms with E-state index in [4.69, 9.17) is 4.42 Å². The molecule has 7 nitrogen and oxygen atoms in total. The largest absolute Gasteiger partial charge is 0.467 e. The van der Waals surface area contributed by atoms with Gasteiger partial charge in [0.1, 0.15) is 18.1 Å². The number of fused-ring (bicyclic) bond motifs is 1. The van der Waals surface area contributed by atoms with Crippen molar-refractivity contribution in [2.45, 2.75) is 31.0 Å². The number of furan rings is 1. The second kappa shape index (κ2) is 8.35. The molecule has 0 saturated heterocycles. The predicted molar refractivity (Wildman–Crippen MR) is 107 cm³/mol. The summed E-state index contributed by atoms with van der Waals surface area (Å²) < 4.78 is 6.81. The van der Waals surface area contributed by atoms with E-state index < -0.39 is 0 Å². The van der Waals surface area contributed by atoms with Crippen molar-refractivity contribution in [2.24, 2.45) is 0 Å². The number of amides is 2. The fourth-order valence-electron chi connectivity index (χ4n) is 3.07. The number of benzene rings is 1. The first-order valence-electron chi connectivity index (χ1n) is 8.98. The Labute approximate surface area is 166 Å². The maximum atomic E-state index is 12.5. The average molecular weight is 396 g/mol. The molecule has 0 spiro atoms. The molecule has 4 rings (SSSR count). The molecule has 3 heterocycles. The van der Waals surface area contributed by atoms with Gasteiger partial charge in [0.2, 0.25) is 11.8 Å². The number of thioether (sulfide) groups is 1. The molecule has 0 bridgehead atoms. The summed E-state index contributed by atoms with van der Waals surface area (Å²) in [6.45, 7) is 0.359. The third-order valence-electron chi connectivity index (χ3n) is 4.42. The maximum Gasteiger partial charge on any atom is 0.242 e. The van der Waals surface area contributed by atoms with Crippen molar-refractivity contribution in [2.75, 3.05) is 5.32 Å². The summed E-state index contributed by atoms with van der Waals surface area (Å²) in [5.74, 6) is 2.56. The Kier molecular flexibility index (Phi) is 5.48. The fourth-order valence-corrected chi connectivity index (χ4v) is 4.10. The first kappa shape index (κ1) is 18.4. The molecule has 2 N–H and O–H groups in total. The summed E-state index contributed by atoms with van der Waals surface area (Å²) >= 11 is 1.75. The molecule has 0 fully saturated rings. The third-order valence-corrected chi connectivity index (χ3v) is 5.39. The molecule has 1 aliphatic rings. The highest BCUT2D eigenvalue weighted by atomic mass is 32.2. The molecule has 1 aromatic carbocycles. The number of hydrogen-bond donors (Lipinski definition) is 2. The van der Waals surface area contributed by atoms with Crippen LogP contribution in [-0.2, 0) is 40.6 Å². The van der Waals surface area contributed by atoms with E-state index in [0.29, 0.717) is 18.1 Å². The summed E-state index contributed by atoms with van der Waals surface area (Å²) in [6, 6.07) is 13.1. The molecule has 3 aromatic rings. The number of hydrogen-bond acceptors (Lipinski definition) is 5. The second-order valence-electron chi connectivity index (χ2n) is 6.49. The lowest BCUT2D eigenvalue weighted by Crippen LogP contribution is -2.29. The van der Waals surface area contributed by atoms with Gasteiger partial charge in [0, 0.05) is 17.1 Å². The number of nitrogens with one attached hydrogen (secondary N) is 2. The molecule has 8 heteroatoms. The van der Waals surface area contributed by atoms with Gasteiger partial charge < -0.3 is 15.1 Å². The van der Waals surface area contributed by atoms with Crippen LogP contribution in [0.15, 0.2) is 53.1 Å². The van der Waals surface area contributed by atoms with Crippen LogP contribution in [0.4, 0.5) is 5.82 Å². The number of anilines is 1. The van der Waals surface area contributed by atoms with E-state index in [9.17, 15) is 9.59 Å². The lowest BCUT2D eigenvalue weighted by molar-refractivity contribution is -0.122. The van der Waals surface area contributed by atoms with E-state index in [1.165, 1.54) is 0 Å². The van der Waals surface area contributed by atoms with Crippen LogP contribution in [0, 0.1) is 0 Å². The highest BCUT2D eigenvalue weighted by Crippen LogP contribution is 2.34. The third kappa shape index (κ3) is 4.28. The Hall–Kier alpha value is -3.00. The normalized spacial score (nSPS) is 12.6. The van der Waals surface area contributed by atoms with Crippen molar-refractivity contribution in [1.29, 1.82) is 0 Å². The van der Waals surface area contributed by atoms with E-state index in [1.807, 2.05) is 30.3 Å². The monoisotopic (exact) mass is 396 g/mol. The highest BCUT2D eigenvalue weighted by molar-refractivity contribution is 7.98. The zero-order valence-electron chi connectivity index (χ0n) is 15.2. The Morgan fingerprint density at radius 1 is 1.11 bits per heavy atom. The van der Waals surface area contributed by atoms with Gasteiger partial charge in [-0.05, 0) is 17.7 Å². The van der Waals surface area contributed by atoms with Gasteiger partial charge in [0.15, 0.2) is 0 Å². The zero-order chi connectivity index (χ0) is 19.3. The second-order valence-corrected chi connectivity index (χ2v) is 7.48. The summed E-state index contributed by atoms with van der Waals surface area (Å²) in [5, 5.41) is 10.3. The SMILES string of the molecule is O=C(Cn1nc2c(c1NC(=O)Cc1ccccc1)CSC2)NCc1ccco1. The van der Waals surface area contributed by atoms with Gasteiger partial charge in [0.25, 0.3) is 0 Å². The van der Waals surface area contributed by atoms with Gasteiger partial charge in [0.05, 0.1) is 24.9 Å². The highest BCUT2D eigenvalue weighted by Gasteiger charge is 2.25. The first-order chi connectivity index (χ1) is 13.7. The quantitative estimate of drug-likeness (QED) is 0.641. The number of carbonyl (C=O) groups is 2. The van der Waals surface area contributed by atoms with E-state index in [2.05, 4.69) is 15.7 Å². The van der Waals surface area contributed by atoms with Crippen LogP contribution in [0.25, 0.3) is 0 Å². The van der Waals surface area contributed by atoms with Crippen LogP contribution in [0.2, 0.25) is 0 Å². The summed E-state index contributed by atoms with van der Waals surface area (Å²) in [6.07, 6.45) is 1.84. The smallest absolute Gasteiger partial charge is 0.242 e. The van der Waals surface area contributed by atoms with Crippen LogP contribution in [0.1, 0.15) is 22.6 Å². The van der Waals surface area contributed by atoms with Gasteiger partial charge in [-0.15, -0.1) is 0 Å². The molecule has 28 heavy (non-hydrogen) atoms. The minimum atomic E-state index is -0.191. The van der Waals surface area contributed by atoms with Crippen molar-refractivity contribution >= 4 is 29.4 Å². The molecule has 0 aliphatic carbocycles. The fraction of sp³-hybridized carbons (Fsp3) is 0.250. The van der Waals surface area contributed by atoms with Crippen LogP contribution < -0.4 is 10.6 Å². The molecule has 0 radical (unpaired) electrons. The summed E-state index contributed by atoms with van der Waals surface area (Å²) in [4.78, 5) is 24.9. The number of aromatic nitrogens is 2. The van der Waals surface area contributed by atoms with Gasteiger partial charge in [-0.3, -0.25) is 9.59 Å². The minimum absolute atomic E-state index is 0.0410. The van der Waals surface area contributed by atoms with Gasteiger partial charge in [-0.1, -0.05) is 30.3 Å². The lowest BCUT2D eigenvalue weighted by Gasteiger charge is -2.11. The first-order valence-corrected chi connectivity index (χ1v) is 10.1. The van der Waals surface area contributed by atoms with E-state index in [-0.39, 0.29) is 24.8 Å². The summed E-state index contributed by atoms with van der Waals surface area (Å²) in [5.41, 5.74) is 2.87. The topological polar surface area (TPSA) is 89.2 Å². The van der Waals surface area contributed by atoms with Crippen LogP contribution in [0.3, 0.4) is 0 Å². The minimum Gasteiger partial charge on any atom is -0.467 e. The molecule has 2 amide bonds. The molecule has 0 atom stereocenters. The molecule has 0 unspecified atom stereocenters. The average Bonchev–Trinajstić information content (AvgIpc) is 3.41. The zero-order valence-corrected chi connectivity index (χ0v) is 16.0. The summed E-state index contributed by atoms with van der Waals surface area (Å²) in [7, 11) is 0. The Balaban J connectivity index is 1.44. The Morgan fingerprint density at radius 2 is 1.96 bits per heavy atom. The maximum absolute atomic E-state index is 12.5. The van der Waals surface area contributed by atoms with Crippen molar-refractivity contribution in [3.63, 3.8) is 0 Å². The number of carbonyl (C=O) groups excluding carboxylic acids is 2. The van der Waals surface area contributed by atoms with E-state index >= 15 is 0 Å². The predicted octanol–water partition coefficient (Wildman–Crippen LogP) is 2.72. The van der Waals surface area contributed by atoms with Crippen molar-refractivity contribution < 1.29 is 14.0 Å². The van der Waals surface area contributed by atoms with E-state index in [1.54, 1.807) is 34.8 Å². The van der Waals surface area contributed by atoms with Crippen LogP contribution in [-0.4, -0.2) is 21.6 Å². The van der Waals surface area contributed by atoms with Crippen molar-refractivity contribution in [3.8, 4) is 0 Å². The Bertz CT molecular complexity index is 967. The molecule has 2 aromatic heterocycles. The van der Waals surface area contributed by atoms with Gasteiger partial charge >= 0.3 is 0 Å². The Morgan fingerprint density at radius 3 is 2.75 bits per heavy atom. The number of nitrogens with zero attached hydrogens (tertiary/aromatic N) is 2. The molecule has 144 valence electrons. The molecular weight excluding hydrogens is 376 g/mol. The van der Waals surface area contributed by atoms with Crippen LogP contribution >= 0.6 is 11.8 Å². The number of rotatable bonds is 7. The molecule has 1 aliphatic heterocycles. The van der Waals surface area contributed by atoms with Crippen molar-refractivity contribution in [3.05, 3.63) is 71.3 Å². The molecule has 0 saturated carbocycles. The van der Waals surface area contributed by atoms with Gasteiger partial charge in [-0.2, -0.15) is 16.9 Å².